The van der Waals surface area contributed by atoms with Crippen LogP contribution >= 0.6 is 0 Å². The van der Waals surface area contributed by atoms with Crippen LogP contribution in [0.3, 0.4) is 0 Å². The smallest absolute Gasteiger partial charge is 0.161 e. The Balaban J connectivity index is 2.50. The number of ether oxygens (including phenoxy) is 2. The average molecular weight is 336 g/mol. The van der Waals surface area contributed by atoms with E-state index in [-0.39, 0.29) is 0 Å². The van der Waals surface area contributed by atoms with E-state index >= 15 is 0 Å². The lowest BCUT2D eigenvalue weighted by molar-refractivity contribution is -0.0191. The lowest BCUT2D eigenvalue weighted by Gasteiger charge is -2.46. The van der Waals surface area contributed by atoms with Gasteiger partial charge >= 0.3 is 0 Å². The first kappa shape index (κ1) is 5.92. The molecule has 1 aromatic carbocycles. The zero-order chi connectivity index (χ0) is 30.7. The van der Waals surface area contributed by atoms with Crippen LogP contribution in [0.15, 0.2) is 12.1 Å². The molecule has 4 unspecified atom stereocenters. The quantitative estimate of drug-likeness (QED) is 0.918. The summed E-state index contributed by atoms with van der Waals surface area (Å²) >= 11 is 0. The predicted molar refractivity (Wildman–Crippen MR) is 91.1 cm³/mol. The number of piperidine rings is 1. The average Bonchev–Trinajstić information content (AvgIpc) is 2.76. The molecule has 1 aromatic rings. The molecule has 2 aliphatic rings. The Morgan fingerprint density at radius 1 is 1.57 bits per heavy atom. The first-order chi connectivity index (χ1) is 17.2. The molecule has 0 radical (unpaired) electrons. The van der Waals surface area contributed by atoms with Crippen LogP contribution in [0.5, 0.6) is 11.5 Å². The molecule has 4 heteroatoms. The summed E-state index contributed by atoms with van der Waals surface area (Å²) in [7, 11) is 2.17. The molecule has 23 heavy (non-hydrogen) atoms. The van der Waals surface area contributed by atoms with Crippen LogP contribution in [-0.2, 0) is 6.37 Å². The van der Waals surface area contributed by atoms with Crippen molar-refractivity contribution in [1.29, 1.82) is 0 Å². The van der Waals surface area contributed by atoms with Crippen LogP contribution in [-0.4, -0.2) is 43.3 Å². The molecule has 1 N–H and O–H groups in total. The van der Waals surface area contributed by atoms with Crippen molar-refractivity contribution >= 4 is 0 Å². The van der Waals surface area contributed by atoms with Crippen molar-refractivity contribution < 1.29 is 36.5 Å². The van der Waals surface area contributed by atoms with Gasteiger partial charge in [-0.3, -0.25) is 4.90 Å². The summed E-state index contributed by atoms with van der Waals surface area (Å²) in [6.45, 7) is -7.72. The van der Waals surface area contributed by atoms with E-state index in [1.807, 2.05) is 0 Å². The molecule has 4 atom stereocenters. The summed E-state index contributed by atoms with van der Waals surface area (Å²) < 4.78 is 145. The molecule has 128 valence electrons. The van der Waals surface area contributed by atoms with Gasteiger partial charge in [-0.2, -0.15) is 0 Å². The Labute approximate surface area is 161 Å². The van der Waals surface area contributed by atoms with E-state index in [1.54, 1.807) is 0 Å². The minimum absolute atomic E-state index is 0.322. The highest BCUT2D eigenvalue weighted by Gasteiger charge is 2.38. The predicted octanol–water partition coefficient (Wildman–Crippen LogP) is 3.03. The van der Waals surface area contributed by atoms with Gasteiger partial charge in [-0.15, -0.1) is 0 Å². The number of hydrogen-bond donors (Lipinski definition) is 1. The highest BCUT2D eigenvalue weighted by molar-refractivity contribution is 5.49. The molecule has 1 saturated heterocycles. The summed E-state index contributed by atoms with van der Waals surface area (Å²) in [6.07, 6.45) is -14.5. The second-order valence-corrected chi connectivity index (χ2v) is 5.09. The summed E-state index contributed by atoms with van der Waals surface area (Å²) in [5.41, 5.74) is -1.52. The van der Waals surface area contributed by atoms with Gasteiger partial charge in [0.25, 0.3) is 0 Å². The van der Waals surface area contributed by atoms with Gasteiger partial charge in [-0.25, -0.2) is 0 Å². The second kappa shape index (κ2) is 6.70. The first-order valence-corrected chi connectivity index (χ1v) is 6.93. The number of fused-ring (bicyclic) bond motifs is 3. The first-order valence-electron chi connectivity index (χ1n) is 14.9. The van der Waals surface area contributed by atoms with Crippen molar-refractivity contribution in [2.24, 2.45) is 11.8 Å². The molecule has 2 heterocycles. The van der Waals surface area contributed by atoms with Gasteiger partial charge in [0, 0.05) is 36.9 Å². The highest BCUT2D eigenvalue weighted by Crippen LogP contribution is 2.43. The van der Waals surface area contributed by atoms with Gasteiger partial charge < -0.3 is 14.6 Å². The maximum atomic E-state index is 11.3. The number of rotatable bonds is 4. The van der Waals surface area contributed by atoms with E-state index in [0.29, 0.717) is 11.8 Å². The largest absolute Gasteiger partial charge is 0.493 e. The number of aliphatic hydroxyl groups is 1. The van der Waals surface area contributed by atoms with Gasteiger partial charge in [0.2, 0.25) is 0 Å². The maximum absolute atomic E-state index is 11.3. The number of nitrogens with zero attached hydrogens (tertiary/aromatic N) is 1. The molecule has 1 fully saturated rings. The standard InChI is InChI=1S/C19H29NO3/c1-12(2)7-14-11-20-6-5-13-8-18(22-3)19(23-4)9-15(13)16(20)10-17(14)21/h8-9,12,14,16-17,21H,5-7,10-11H2,1-4H3/i1D3,5D2,6D2,7D2,8D,9D,10D2,12D,14D,17D. The minimum atomic E-state index is -3.91. The molecule has 0 aliphatic carbocycles. The molecule has 0 bridgehead atoms. The van der Waals surface area contributed by atoms with Crippen molar-refractivity contribution in [2.45, 2.75) is 45.0 Å². The SMILES string of the molecule is [2H]c1c(OC)c(OC)c([2H])c2c1C1N(CC([2H])(C([2H])([2H])C([2H])(C)C([2H])([2H])[2H])C([2H])(O)C1([2H])[2H])C([2H])([2H])C2([2H])[2H]. The minimum Gasteiger partial charge on any atom is -0.493 e. The molecular weight excluding hydrogens is 290 g/mol. The van der Waals surface area contributed by atoms with Crippen molar-refractivity contribution in [2.75, 3.05) is 27.3 Å². The van der Waals surface area contributed by atoms with E-state index in [4.69, 9.17) is 31.4 Å². The lowest BCUT2D eigenvalue weighted by Crippen LogP contribution is -2.48. The molecular formula is C19H29NO3. The van der Waals surface area contributed by atoms with E-state index in [1.165, 1.54) is 0 Å². The normalized spacial score (nSPS) is 54.3. The Bertz CT molecular complexity index is 1180. The third kappa shape index (κ3) is 3.20. The lowest BCUT2D eigenvalue weighted by atomic mass is 9.79. The number of hydrogen-bond acceptors (Lipinski definition) is 4. The summed E-state index contributed by atoms with van der Waals surface area (Å²) in [5.74, 6) is -7.75. The third-order valence-corrected chi connectivity index (χ3v) is 3.51. The summed E-state index contributed by atoms with van der Waals surface area (Å²) in [5, 5.41) is 11.3. The van der Waals surface area contributed by atoms with E-state index in [0.717, 1.165) is 14.2 Å². The Morgan fingerprint density at radius 2 is 2.30 bits per heavy atom. The fourth-order valence-corrected chi connectivity index (χ4v) is 2.49. The van der Waals surface area contributed by atoms with Crippen LogP contribution in [0, 0.1) is 11.8 Å². The maximum Gasteiger partial charge on any atom is 0.161 e. The van der Waals surface area contributed by atoms with Crippen LogP contribution in [0.4, 0.5) is 0 Å². The molecule has 0 saturated carbocycles. The van der Waals surface area contributed by atoms with Gasteiger partial charge in [-0.05, 0) is 54.1 Å². The van der Waals surface area contributed by atoms with Crippen LogP contribution < -0.4 is 9.47 Å². The van der Waals surface area contributed by atoms with Gasteiger partial charge in [0.1, 0.15) is 0 Å². The van der Waals surface area contributed by atoms with Crippen molar-refractivity contribution in [3.05, 3.63) is 23.2 Å². The molecule has 3 rings (SSSR count). The molecule has 4 nitrogen and oxygen atoms in total. The third-order valence-electron chi connectivity index (χ3n) is 3.51. The monoisotopic (exact) mass is 335 g/mol. The highest BCUT2D eigenvalue weighted by atomic mass is 16.5. The molecule has 2 aliphatic heterocycles. The van der Waals surface area contributed by atoms with E-state index in [2.05, 4.69) is 0 Å². The number of methoxy groups -OCH3 is 2. The van der Waals surface area contributed by atoms with Crippen LogP contribution in [0.2, 0.25) is 0 Å². The zero-order valence-electron chi connectivity index (χ0n) is 29.0. The van der Waals surface area contributed by atoms with Crippen molar-refractivity contribution in [3.63, 3.8) is 0 Å². The van der Waals surface area contributed by atoms with Gasteiger partial charge in [0.05, 0.1) is 24.4 Å². The molecule has 0 amide bonds. The van der Waals surface area contributed by atoms with E-state index < -0.39 is 97.6 Å². The van der Waals surface area contributed by atoms with Crippen molar-refractivity contribution in [1.82, 2.24) is 4.90 Å². The van der Waals surface area contributed by atoms with Crippen LogP contribution in [0.1, 0.15) is 65.6 Å². The second-order valence-electron chi connectivity index (χ2n) is 5.09. The topological polar surface area (TPSA) is 41.9 Å². The molecule has 0 spiro atoms. The van der Waals surface area contributed by atoms with Crippen LogP contribution in [0.25, 0.3) is 0 Å². The summed E-state index contributed by atoms with van der Waals surface area (Å²) in [6, 6.07) is -3.82. The Kier molecular flexibility index (Phi) is 1.72. The van der Waals surface area contributed by atoms with Gasteiger partial charge in [-0.1, -0.05) is 13.8 Å². The zero-order valence-corrected chi connectivity index (χ0v) is 13.0. The van der Waals surface area contributed by atoms with E-state index in [9.17, 15) is 5.11 Å². The Morgan fingerprint density at radius 3 is 3.00 bits per heavy atom. The van der Waals surface area contributed by atoms with Gasteiger partial charge in [0.15, 0.2) is 11.5 Å². The number of benzene rings is 1. The Hall–Kier alpha value is -1.26. The fraction of sp³-hybridized carbons (Fsp3) is 0.684. The fourth-order valence-electron chi connectivity index (χ4n) is 2.49. The van der Waals surface area contributed by atoms with Crippen molar-refractivity contribution in [3.8, 4) is 11.5 Å². The summed E-state index contributed by atoms with van der Waals surface area (Å²) in [4.78, 5) is 0.322. The molecule has 0 aromatic heterocycles.